The van der Waals surface area contributed by atoms with E-state index in [-0.39, 0.29) is 12.0 Å². The van der Waals surface area contributed by atoms with Crippen molar-refractivity contribution in [1.82, 2.24) is 4.98 Å². The van der Waals surface area contributed by atoms with Crippen molar-refractivity contribution in [2.75, 3.05) is 6.61 Å². The van der Waals surface area contributed by atoms with Gasteiger partial charge in [0, 0.05) is 17.8 Å². The maximum absolute atomic E-state index is 12.1. The number of ether oxygens (including phenoxy) is 3. The lowest BCUT2D eigenvalue weighted by Gasteiger charge is -2.12. The van der Waals surface area contributed by atoms with Crippen LogP contribution in [-0.2, 0) is 19.3 Å². The van der Waals surface area contributed by atoms with Crippen molar-refractivity contribution in [3.63, 3.8) is 0 Å². The van der Waals surface area contributed by atoms with E-state index in [1.165, 1.54) is 17.2 Å². The molecular weight excluding hydrogens is 366 g/mol. The van der Waals surface area contributed by atoms with Gasteiger partial charge in [0.25, 0.3) is 6.29 Å². The highest BCUT2D eigenvalue weighted by atomic mass is 16.7. The first-order valence-electron chi connectivity index (χ1n) is 10.1. The van der Waals surface area contributed by atoms with Crippen LogP contribution in [0.1, 0.15) is 30.2 Å². The van der Waals surface area contributed by atoms with Gasteiger partial charge in [-0.1, -0.05) is 49.7 Å². The Bertz CT molecular complexity index is 985. The Morgan fingerprint density at radius 3 is 2.21 bits per heavy atom. The summed E-state index contributed by atoms with van der Waals surface area (Å²) in [5, 5.41) is 0. The fraction of sp³-hybridized carbons (Fsp3) is 0.292. The number of aryl methyl sites for hydroxylation is 3. The van der Waals surface area contributed by atoms with Gasteiger partial charge >= 0.3 is 0 Å². The molecule has 0 fully saturated rings. The molecule has 150 valence electrons. The molecule has 1 aromatic heterocycles. The quantitative estimate of drug-likeness (QED) is 0.622. The third-order valence-corrected chi connectivity index (χ3v) is 4.86. The average Bonchev–Trinajstić information content (AvgIpc) is 3.15. The molecule has 0 amide bonds. The molecule has 2 heterocycles. The van der Waals surface area contributed by atoms with E-state index in [2.05, 4.69) is 36.2 Å². The van der Waals surface area contributed by atoms with Crippen LogP contribution in [-0.4, -0.2) is 17.9 Å². The Morgan fingerprint density at radius 1 is 0.897 bits per heavy atom. The summed E-state index contributed by atoms with van der Waals surface area (Å²) in [5.74, 6) is 1.83. The predicted octanol–water partition coefficient (Wildman–Crippen LogP) is 4.29. The first-order valence-corrected chi connectivity index (χ1v) is 10.1. The van der Waals surface area contributed by atoms with Crippen LogP contribution in [0.15, 0.2) is 65.5 Å². The summed E-state index contributed by atoms with van der Waals surface area (Å²) in [7, 11) is 0. The highest BCUT2D eigenvalue weighted by molar-refractivity contribution is 5.41. The number of nitrogens with one attached hydrogen (secondary N) is 1. The second kappa shape index (κ2) is 8.86. The summed E-state index contributed by atoms with van der Waals surface area (Å²) in [6.07, 6.45) is 3.32. The van der Waals surface area contributed by atoms with Crippen molar-refractivity contribution in [2.24, 2.45) is 0 Å². The highest BCUT2D eigenvalue weighted by Crippen LogP contribution is 2.33. The Balaban J connectivity index is 1.33. The number of pyridine rings is 1. The second-order valence-corrected chi connectivity index (χ2v) is 7.20. The van der Waals surface area contributed by atoms with Gasteiger partial charge in [0.15, 0.2) is 29.4 Å². The monoisotopic (exact) mass is 391 g/mol. The van der Waals surface area contributed by atoms with Gasteiger partial charge in [-0.25, -0.2) is 0 Å². The fourth-order valence-corrected chi connectivity index (χ4v) is 3.40. The van der Waals surface area contributed by atoms with E-state index in [1.807, 2.05) is 24.3 Å². The van der Waals surface area contributed by atoms with Gasteiger partial charge in [-0.2, -0.15) is 0 Å². The minimum Gasteiger partial charge on any atom is -0.471 e. The molecule has 1 N–H and O–H groups in total. The highest BCUT2D eigenvalue weighted by Gasteiger charge is 2.24. The van der Waals surface area contributed by atoms with Crippen molar-refractivity contribution < 1.29 is 14.2 Å². The van der Waals surface area contributed by atoms with E-state index >= 15 is 0 Å². The molecule has 2 aromatic carbocycles. The molecule has 29 heavy (non-hydrogen) atoms. The van der Waals surface area contributed by atoms with Gasteiger partial charge < -0.3 is 19.2 Å². The van der Waals surface area contributed by atoms with Crippen molar-refractivity contribution in [1.29, 1.82) is 0 Å². The van der Waals surface area contributed by atoms with Gasteiger partial charge in [-0.05, 0) is 42.5 Å². The molecule has 1 aliphatic rings. The van der Waals surface area contributed by atoms with E-state index in [4.69, 9.17) is 14.2 Å². The fourth-order valence-electron chi connectivity index (χ4n) is 3.40. The van der Waals surface area contributed by atoms with E-state index in [0.717, 1.165) is 31.4 Å². The standard InChI is InChI=1S/C24H25NO4/c1-2-5-17-8-10-18(11-9-17)12-13-19-14-20(26)15-23(25-19)27-16-24-28-21-6-3-4-7-22(21)29-24/h3-4,6-11,14-15,24H,2,5,12-13,16H2,1H3,(H,25,26). The first-order chi connectivity index (χ1) is 14.2. The van der Waals surface area contributed by atoms with Crippen LogP contribution in [0.2, 0.25) is 0 Å². The Kier molecular flexibility index (Phi) is 5.84. The van der Waals surface area contributed by atoms with E-state index in [0.29, 0.717) is 17.4 Å². The summed E-state index contributed by atoms with van der Waals surface area (Å²) < 4.78 is 17.1. The molecule has 4 rings (SSSR count). The zero-order chi connectivity index (χ0) is 20.1. The molecule has 5 nitrogen and oxygen atoms in total. The van der Waals surface area contributed by atoms with Crippen LogP contribution in [0.3, 0.4) is 0 Å². The average molecular weight is 391 g/mol. The maximum Gasteiger partial charge on any atom is 0.275 e. The van der Waals surface area contributed by atoms with Crippen LogP contribution in [0.25, 0.3) is 0 Å². The van der Waals surface area contributed by atoms with E-state index in [9.17, 15) is 4.79 Å². The largest absolute Gasteiger partial charge is 0.471 e. The van der Waals surface area contributed by atoms with Crippen LogP contribution >= 0.6 is 0 Å². The predicted molar refractivity (Wildman–Crippen MR) is 112 cm³/mol. The molecule has 1 aliphatic heterocycles. The Morgan fingerprint density at radius 2 is 1.55 bits per heavy atom. The number of hydrogen-bond donors (Lipinski definition) is 1. The number of fused-ring (bicyclic) bond motifs is 1. The van der Waals surface area contributed by atoms with Crippen molar-refractivity contribution in [3.05, 3.63) is 87.7 Å². The number of hydrogen-bond acceptors (Lipinski definition) is 4. The third kappa shape index (κ3) is 4.99. The van der Waals surface area contributed by atoms with Gasteiger partial charge in [0.2, 0.25) is 0 Å². The number of aromatic amines is 1. The summed E-state index contributed by atoms with van der Waals surface area (Å²) in [6, 6.07) is 19.3. The number of aromatic nitrogens is 1. The van der Waals surface area contributed by atoms with Crippen LogP contribution in [0.5, 0.6) is 17.4 Å². The molecule has 0 unspecified atom stereocenters. The minimum atomic E-state index is -0.527. The molecular formula is C24H25NO4. The first kappa shape index (κ1) is 19.1. The Hall–Kier alpha value is -3.21. The smallest absolute Gasteiger partial charge is 0.275 e. The van der Waals surface area contributed by atoms with Crippen molar-refractivity contribution in [2.45, 2.75) is 38.9 Å². The maximum atomic E-state index is 12.1. The molecule has 5 heteroatoms. The van der Waals surface area contributed by atoms with Crippen molar-refractivity contribution >= 4 is 0 Å². The normalized spacial score (nSPS) is 12.9. The zero-order valence-electron chi connectivity index (χ0n) is 16.5. The van der Waals surface area contributed by atoms with E-state index in [1.54, 1.807) is 6.07 Å². The molecule has 0 saturated heterocycles. The molecule has 3 aromatic rings. The molecule has 0 spiro atoms. The topological polar surface area (TPSA) is 60.6 Å². The van der Waals surface area contributed by atoms with Crippen LogP contribution in [0.4, 0.5) is 0 Å². The zero-order valence-corrected chi connectivity index (χ0v) is 16.5. The number of H-pyrrole nitrogens is 1. The molecule has 0 aliphatic carbocycles. The molecule has 0 saturated carbocycles. The minimum absolute atomic E-state index is 0.0800. The summed E-state index contributed by atoms with van der Waals surface area (Å²) in [6.45, 7) is 2.37. The summed E-state index contributed by atoms with van der Waals surface area (Å²) in [4.78, 5) is 15.3. The molecule has 0 bridgehead atoms. The second-order valence-electron chi connectivity index (χ2n) is 7.20. The van der Waals surface area contributed by atoms with Crippen LogP contribution < -0.4 is 19.6 Å². The lowest BCUT2D eigenvalue weighted by atomic mass is 10.0. The van der Waals surface area contributed by atoms with Gasteiger partial charge in [-0.3, -0.25) is 4.79 Å². The van der Waals surface area contributed by atoms with Gasteiger partial charge in [0.05, 0.1) is 0 Å². The summed E-state index contributed by atoms with van der Waals surface area (Å²) >= 11 is 0. The molecule has 0 radical (unpaired) electrons. The van der Waals surface area contributed by atoms with E-state index < -0.39 is 6.29 Å². The Labute approximate surface area is 170 Å². The van der Waals surface area contributed by atoms with Gasteiger partial charge in [-0.15, -0.1) is 0 Å². The molecule has 0 atom stereocenters. The lowest BCUT2D eigenvalue weighted by Crippen LogP contribution is -2.27. The van der Waals surface area contributed by atoms with Crippen molar-refractivity contribution in [3.8, 4) is 17.4 Å². The number of rotatable bonds is 8. The number of para-hydroxylation sites is 2. The number of benzene rings is 2. The lowest BCUT2D eigenvalue weighted by molar-refractivity contribution is 0.00645. The van der Waals surface area contributed by atoms with Crippen LogP contribution in [0, 0.1) is 0 Å². The SMILES string of the molecule is CCCc1ccc(CCc2cc(=O)cc(OCC3Oc4ccccc4O3)[nH]2)cc1. The summed E-state index contributed by atoms with van der Waals surface area (Å²) in [5.41, 5.74) is 3.38. The third-order valence-electron chi connectivity index (χ3n) is 4.86. The van der Waals surface area contributed by atoms with Gasteiger partial charge in [0.1, 0.15) is 0 Å².